The molecule has 0 spiro atoms. The standard InChI is InChI=1S/C27H30F3N3OS/c1-17-32-24(21-7-4-19(28)14-22(21)23(34)15-26(16-31)8-9-26)25(35-17)18-2-5-20(6-3-18)33-12-10-27(29,30)11-13-33/h2-3,5-6,19,21-22H,4,7-15H2,1H3/t19-,21+,22+/m0/s1. The molecule has 5 rings (SSSR count). The number of ketones is 1. The second kappa shape index (κ2) is 9.24. The van der Waals surface area contributed by atoms with Crippen molar-refractivity contribution in [3.63, 3.8) is 0 Å². The Balaban J connectivity index is 1.39. The molecule has 0 unspecified atom stereocenters. The van der Waals surface area contributed by atoms with Crippen LogP contribution in [0.15, 0.2) is 24.3 Å². The SMILES string of the molecule is Cc1nc([C@@H]2CC[C@H](F)C[C@H]2C(=O)CC2(C#N)CC2)c(-c2ccc(N3CCC(F)(F)CC3)cc2)s1. The second-order valence-electron chi connectivity index (χ2n) is 10.5. The Morgan fingerprint density at radius 3 is 2.49 bits per heavy atom. The van der Waals surface area contributed by atoms with E-state index in [0.717, 1.165) is 39.7 Å². The van der Waals surface area contributed by atoms with Gasteiger partial charge in [0, 0.05) is 49.9 Å². The number of aromatic nitrogens is 1. The first-order valence-corrected chi connectivity index (χ1v) is 13.3. The van der Waals surface area contributed by atoms with Gasteiger partial charge in [0.2, 0.25) is 0 Å². The van der Waals surface area contributed by atoms with E-state index in [1.54, 1.807) is 11.3 Å². The fourth-order valence-corrected chi connectivity index (χ4v) is 6.56. The second-order valence-corrected chi connectivity index (χ2v) is 11.7. The first kappa shape index (κ1) is 24.3. The van der Waals surface area contributed by atoms with Crippen LogP contribution in [0, 0.1) is 29.6 Å². The fraction of sp³-hybridized carbons (Fsp3) is 0.593. The number of rotatable bonds is 6. The van der Waals surface area contributed by atoms with Crippen LogP contribution in [-0.4, -0.2) is 36.0 Å². The van der Waals surface area contributed by atoms with Gasteiger partial charge in [0.1, 0.15) is 12.0 Å². The van der Waals surface area contributed by atoms with Crippen molar-refractivity contribution in [3.05, 3.63) is 35.0 Å². The predicted molar refractivity (Wildman–Crippen MR) is 131 cm³/mol. The van der Waals surface area contributed by atoms with Gasteiger partial charge in [0.05, 0.1) is 27.1 Å². The summed E-state index contributed by atoms with van der Waals surface area (Å²) in [6, 6.07) is 10.2. The molecule has 0 radical (unpaired) electrons. The summed E-state index contributed by atoms with van der Waals surface area (Å²) in [7, 11) is 0. The molecule has 186 valence electrons. The van der Waals surface area contributed by atoms with Crippen LogP contribution in [0.5, 0.6) is 0 Å². The number of nitriles is 1. The molecule has 2 saturated carbocycles. The third-order valence-corrected chi connectivity index (χ3v) is 8.94. The molecular formula is C27H30F3N3OS. The third-order valence-electron chi connectivity index (χ3n) is 7.90. The number of hydrogen-bond donors (Lipinski definition) is 0. The molecule has 0 N–H and O–H groups in total. The van der Waals surface area contributed by atoms with Crippen LogP contribution in [0.3, 0.4) is 0 Å². The minimum atomic E-state index is -2.58. The molecule has 4 nitrogen and oxygen atoms in total. The number of aryl methyl sites for hydroxylation is 1. The summed E-state index contributed by atoms with van der Waals surface area (Å²) in [5, 5.41) is 10.3. The Labute approximate surface area is 208 Å². The van der Waals surface area contributed by atoms with E-state index in [9.17, 15) is 23.2 Å². The van der Waals surface area contributed by atoms with Gasteiger partial charge in [-0.15, -0.1) is 11.3 Å². The van der Waals surface area contributed by atoms with E-state index in [4.69, 9.17) is 4.98 Å². The number of anilines is 1. The van der Waals surface area contributed by atoms with Crippen molar-refractivity contribution < 1.29 is 18.0 Å². The zero-order chi connectivity index (χ0) is 24.8. The lowest BCUT2D eigenvalue weighted by Crippen LogP contribution is -2.39. The number of alkyl halides is 3. The Bertz CT molecular complexity index is 1130. The number of nitrogens with zero attached hydrogens (tertiary/aromatic N) is 3. The van der Waals surface area contributed by atoms with Crippen LogP contribution >= 0.6 is 11.3 Å². The van der Waals surface area contributed by atoms with E-state index in [2.05, 4.69) is 6.07 Å². The maximum atomic E-state index is 14.4. The van der Waals surface area contributed by atoms with Gasteiger partial charge in [0.25, 0.3) is 5.92 Å². The molecule has 2 aliphatic carbocycles. The summed E-state index contributed by atoms with van der Waals surface area (Å²) < 4.78 is 41.5. The predicted octanol–water partition coefficient (Wildman–Crippen LogP) is 6.84. The van der Waals surface area contributed by atoms with Gasteiger partial charge >= 0.3 is 0 Å². The van der Waals surface area contributed by atoms with Crippen LogP contribution in [0.2, 0.25) is 0 Å². The summed E-state index contributed by atoms with van der Waals surface area (Å²) in [5.41, 5.74) is 2.20. The van der Waals surface area contributed by atoms with Crippen LogP contribution < -0.4 is 4.90 Å². The van der Waals surface area contributed by atoms with Crippen LogP contribution in [-0.2, 0) is 4.79 Å². The molecule has 1 saturated heterocycles. The number of carbonyl (C=O) groups excluding carboxylic acids is 1. The van der Waals surface area contributed by atoms with Gasteiger partial charge < -0.3 is 4.90 Å². The van der Waals surface area contributed by atoms with Crippen LogP contribution in [0.4, 0.5) is 18.9 Å². The molecule has 0 bridgehead atoms. The Morgan fingerprint density at radius 2 is 1.86 bits per heavy atom. The molecule has 0 amide bonds. The topological polar surface area (TPSA) is 57.0 Å². The Hall–Kier alpha value is -2.40. The molecule has 1 aliphatic heterocycles. The quantitative estimate of drug-likeness (QED) is 0.435. The van der Waals surface area contributed by atoms with Gasteiger partial charge in [-0.25, -0.2) is 18.2 Å². The molecule has 2 heterocycles. The van der Waals surface area contributed by atoms with Crippen LogP contribution in [0.1, 0.15) is 68.0 Å². The highest BCUT2D eigenvalue weighted by Crippen LogP contribution is 2.51. The van der Waals surface area contributed by atoms with Crippen molar-refractivity contribution in [2.75, 3.05) is 18.0 Å². The van der Waals surface area contributed by atoms with E-state index >= 15 is 0 Å². The molecule has 3 aliphatic rings. The number of benzene rings is 1. The number of hydrogen-bond acceptors (Lipinski definition) is 5. The minimum Gasteiger partial charge on any atom is -0.371 e. The minimum absolute atomic E-state index is 0.00903. The maximum Gasteiger partial charge on any atom is 0.251 e. The van der Waals surface area contributed by atoms with Crippen molar-refractivity contribution >= 4 is 22.8 Å². The molecule has 1 aromatic heterocycles. The zero-order valence-corrected chi connectivity index (χ0v) is 20.7. The van der Waals surface area contributed by atoms with Crippen molar-refractivity contribution in [2.24, 2.45) is 11.3 Å². The maximum absolute atomic E-state index is 14.4. The van der Waals surface area contributed by atoms with E-state index in [1.165, 1.54) is 0 Å². The number of piperidine rings is 1. The third kappa shape index (κ3) is 5.11. The lowest BCUT2D eigenvalue weighted by atomic mass is 9.72. The molecular weight excluding hydrogens is 471 g/mol. The summed E-state index contributed by atoms with van der Waals surface area (Å²) in [5.74, 6) is -3.21. The van der Waals surface area contributed by atoms with Gasteiger partial charge in [-0.3, -0.25) is 4.79 Å². The summed E-state index contributed by atoms with van der Waals surface area (Å²) in [6.45, 7) is 2.60. The fourth-order valence-electron chi connectivity index (χ4n) is 5.56. The molecule has 1 aromatic carbocycles. The zero-order valence-electron chi connectivity index (χ0n) is 19.9. The van der Waals surface area contributed by atoms with E-state index in [0.29, 0.717) is 25.9 Å². The average molecular weight is 502 g/mol. The highest BCUT2D eigenvalue weighted by Gasteiger charge is 2.48. The first-order chi connectivity index (χ1) is 16.7. The highest BCUT2D eigenvalue weighted by atomic mass is 32.1. The van der Waals surface area contributed by atoms with Crippen molar-refractivity contribution in [1.29, 1.82) is 5.26 Å². The van der Waals surface area contributed by atoms with Gasteiger partial charge in [-0.2, -0.15) is 5.26 Å². The van der Waals surface area contributed by atoms with Gasteiger partial charge in [-0.1, -0.05) is 12.1 Å². The van der Waals surface area contributed by atoms with E-state index in [-0.39, 0.29) is 37.4 Å². The number of halogens is 3. The normalized spacial score (nSPS) is 27.3. The molecule has 35 heavy (non-hydrogen) atoms. The summed E-state index contributed by atoms with van der Waals surface area (Å²) >= 11 is 1.57. The smallest absolute Gasteiger partial charge is 0.251 e. The highest BCUT2D eigenvalue weighted by molar-refractivity contribution is 7.15. The van der Waals surface area contributed by atoms with E-state index in [1.807, 2.05) is 36.1 Å². The Morgan fingerprint density at radius 1 is 1.17 bits per heavy atom. The Kier molecular flexibility index (Phi) is 6.41. The summed E-state index contributed by atoms with van der Waals surface area (Å²) in [4.78, 5) is 21.0. The van der Waals surface area contributed by atoms with Crippen molar-refractivity contribution in [1.82, 2.24) is 4.98 Å². The largest absolute Gasteiger partial charge is 0.371 e. The summed E-state index contributed by atoms with van der Waals surface area (Å²) in [6.07, 6.45) is 1.59. The number of thiazole rings is 1. The molecule has 3 atom stereocenters. The average Bonchev–Trinajstić information content (AvgIpc) is 3.51. The lowest BCUT2D eigenvalue weighted by Gasteiger charge is -2.33. The van der Waals surface area contributed by atoms with Crippen molar-refractivity contribution in [2.45, 2.75) is 76.3 Å². The van der Waals surface area contributed by atoms with Crippen LogP contribution in [0.25, 0.3) is 10.4 Å². The number of Topliss-reactive ketones (excluding diaryl/α,β-unsaturated/α-hetero) is 1. The van der Waals surface area contributed by atoms with Gasteiger partial charge in [-0.05, 0) is 56.7 Å². The number of carbonyl (C=O) groups is 1. The molecule has 8 heteroatoms. The monoisotopic (exact) mass is 501 g/mol. The first-order valence-electron chi connectivity index (χ1n) is 12.5. The van der Waals surface area contributed by atoms with Crippen molar-refractivity contribution in [3.8, 4) is 16.5 Å². The molecule has 3 fully saturated rings. The lowest BCUT2D eigenvalue weighted by molar-refractivity contribution is -0.126. The van der Waals surface area contributed by atoms with Gasteiger partial charge in [0.15, 0.2) is 0 Å². The van der Waals surface area contributed by atoms with E-state index < -0.39 is 23.4 Å². The molecule has 2 aromatic rings.